The first-order valence-corrected chi connectivity index (χ1v) is 9.36. The van der Waals surface area contributed by atoms with Crippen LogP contribution in [0.3, 0.4) is 0 Å². The summed E-state index contributed by atoms with van der Waals surface area (Å²) >= 11 is 1.66. The van der Waals surface area contributed by atoms with E-state index in [4.69, 9.17) is 4.42 Å². The summed E-state index contributed by atoms with van der Waals surface area (Å²) in [4.78, 5) is 12.3. The Balaban J connectivity index is 1.67. The Kier molecular flexibility index (Phi) is 5.05. The van der Waals surface area contributed by atoms with Gasteiger partial charge in [0, 0.05) is 6.04 Å². The summed E-state index contributed by atoms with van der Waals surface area (Å²) in [6.45, 7) is 1.93. The number of thioether (sulfide) groups is 1. The number of carbonyl (C=O) groups is 1. The van der Waals surface area contributed by atoms with Gasteiger partial charge in [-0.05, 0) is 38.2 Å². The molecule has 1 aliphatic rings. The van der Waals surface area contributed by atoms with Crippen LogP contribution in [-0.2, 0) is 5.75 Å². The molecule has 1 fully saturated rings. The molecule has 0 aromatic carbocycles. The van der Waals surface area contributed by atoms with E-state index in [2.05, 4.69) is 20.1 Å². The van der Waals surface area contributed by atoms with Crippen LogP contribution >= 0.6 is 11.8 Å². The predicted molar refractivity (Wildman–Crippen MR) is 89.3 cm³/mol. The van der Waals surface area contributed by atoms with Crippen molar-refractivity contribution in [3.05, 3.63) is 35.8 Å². The maximum Gasteiger partial charge on any atom is 0.287 e. The summed E-state index contributed by atoms with van der Waals surface area (Å²) in [6.07, 6.45) is 8.57. The molecule has 1 atom stereocenters. The Hall–Kier alpha value is -1.76. The van der Waals surface area contributed by atoms with Crippen molar-refractivity contribution in [1.82, 2.24) is 20.1 Å². The van der Waals surface area contributed by atoms with Gasteiger partial charge in [0.25, 0.3) is 5.91 Å². The van der Waals surface area contributed by atoms with E-state index in [1.54, 1.807) is 24.2 Å². The largest absolute Gasteiger partial charge is 0.455 e. The van der Waals surface area contributed by atoms with Crippen LogP contribution in [0.15, 0.2) is 22.9 Å². The van der Waals surface area contributed by atoms with Crippen LogP contribution in [0, 0.1) is 0 Å². The summed E-state index contributed by atoms with van der Waals surface area (Å²) in [6, 6.07) is 3.81. The standard InChI is InChI=1S/C16H22N4O2S/c1-11(15-19-17-10-20(15)12-5-3-4-6-12)18-16(21)14-8-7-13(22-14)9-23-2/h7-8,10-12H,3-6,9H2,1-2H3,(H,18,21)/t11-/m1/s1. The van der Waals surface area contributed by atoms with Crippen molar-refractivity contribution in [1.29, 1.82) is 0 Å². The zero-order valence-electron chi connectivity index (χ0n) is 13.5. The predicted octanol–water partition coefficient (Wildman–Crippen LogP) is 3.34. The molecular weight excluding hydrogens is 312 g/mol. The zero-order chi connectivity index (χ0) is 16.2. The first kappa shape index (κ1) is 16.1. The molecule has 3 rings (SSSR count). The van der Waals surface area contributed by atoms with Crippen molar-refractivity contribution in [3.63, 3.8) is 0 Å². The second-order valence-corrected chi connectivity index (χ2v) is 6.79. The van der Waals surface area contributed by atoms with Gasteiger partial charge in [-0.25, -0.2) is 0 Å². The Labute approximate surface area is 140 Å². The second kappa shape index (κ2) is 7.21. The third kappa shape index (κ3) is 3.60. The molecule has 1 N–H and O–H groups in total. The highest BCUT2D eigenvalue weighted by molar-refractivity contribution is 7.97. The summed E-state index contributed by atoms with van der Waals surface area (Å²) < 4.78 is 7.67. The first-order valence-electron chi connectivity index (χ1n) is 7.97. The van der Waals surface area contributed by atoms with Crippen molar-refractivity contribution in [2.75, 3.05) is 6.26 Å². The fourth-order valence-electron chi connectivity index (χ4n) is 3.08. The fourth-order valence-corrected chi connectivity index (χ4v) is 3.52. The van der Waals surface area contributed by atoms with Crippen molar-refractivity contribution >= 4 is 17.7 Å². The highest BCUT2D eigenvalue weighted by atomic mass is 32.2. The highest BCUT2D eigenvalue weighted by Gasteiger charge is 2.24. The molecule has 23 heavy (non-hydrogen) atoms. The normalized spacial score (nSPS) is 16.6. The van der Waals surface area contributed by atoms with Crippen LogP contribution in [-0.4, -0.2) is 26.9 Å². The van der Waals surface area contributed by atoms with Crippen LogP contribution in [0.1, 0.15) is 66.8 Å². The van der Waals surface area contributed by atoms with E-state index in [1.165, 1.54) is 12.8 Å². The van der Waals surface area contributed by atoms with E-state index < -0.39 is 0 Å². The van der Waals surface area contributed by atoms with Crippen molar-refractivity contribution in [3.8, 4) is 0 Å². The average Bonchev–Trinajstić information content (AvgIpc) is 3.27. The Morgan fingerprint density at radius 1 is 1.48 bits per heavy atom. The Bertz CT molecular complexity index is 661. The molecule has 1 aliphatic carbocycles. The lowest BCUT2D eigenvalue weighted by atomic mass is 10.2. The summed E-state index contributed by atoms with van der Waals surface area (Å²) in [5.74, 6) is 2.50. The van der Waals surface area contributed by atoms with E-state index >= 15 is 0 Å². The van der Waals surface area contributed by atoms with Gasteiger partial charge < -0.3 is 14.3 Å². The molecule has 2 aromatic rings. The number of furan rings is 1. The Morgan fingerprint density at radius 2 is 2.26 bits per heavy atom. The highest BCUT2D eigenvalue weighted by Crippen LogP contribution is 2.31. The minimum atomic E-state index is -0.217. The van der Waals surface area contributed by atoms with Gasteiger partial charge in [0.15, 0.2) is 11.6 Å². The van der Waals surface area contributed by atoms with Crippen LogP contribution in [0.2, 0.25) is 0 Å². The zero-order valence-corrected chi connectivity index (χ0v) is 14.3. The molecule has 2 heterocycles. The molecule has 2 aromatic heterocycles. The molecule has 0 spiro atoms. The fraction of sp³-hybridized carbons (Fsp3) is 0.562. The lowest BCUT2D eigenvalue weighted by Crippen LogP contribution is -2.29. The van der Waals surface area contributed by atoms with E-state index in [-0.39, 0.29) is 11.9 Å². The van der Waals surface area contributed by atoms with Gasteiger partial charge >= 0.3 is 0 Å². The Morgan fingerprint density at radius 3 is 3.00 bits per heavy atom. The van der Waals surface area contributed by atoms with Gasteiger partial charge in [-0.2, -0.15) is 11.8 Å². The van der Waals surface area contributed by atoms with Crippen LogP contribution in [0.5, 0.6) is 0 Å². The lowest BCUT2D eigenvalue weighted by molar-refractivity contribution is 0.0907. The maximum absolute atomic E-state index is 12.3. The number of amides is 1. The molecule has 1 saturated carbocycles. The quantitative estimate of drug-likeness (QED) is 0.877. The maximum atomic E-state index is 12.3. The molecule has 0 aliphatic heterocycles. The number of aromatic nitrogens is 3. The molecule has 6 nitrogen and oxygen atoms in total. The van der Waals surface area contributed by atoms with Crippen LogP contribution in [0.25, 0.3) is 0 Å². The van der Waals surface area contributed by atoms with E-state index in [0.29, 0.717) is 11.8 Å². The second-order valence-electron chi connectivity index (χ2n) is 5.93. The number of hydrogen-bond donors (Lipinski definition) is 1. The number of hydrogen-bond acceptors (Lipinski definition) is 5. The summed E-state index contributed by atoms with van der Waals surface area (Å²) in [5, 5.41) is 11.2. The minimum Gasteiger partial charge on any atom is -0.455 e. The van der Waals surface area contributed by atoms with Crippen molar-refractivity contribution in [2.45, 2.75) is 50.4 Å². The summed E-state index contributed by atoms with van der Waals surface area (Å²) in [5.41, 5.74) is 0. The van der Waals surface area contributed by atoms with Gasteiger partial charge in [0.05, 0.1) is 11.8 Å². The molecule has 0 bridgehead atoms. The lowest BCUT2D eigenvalue weighted by Gasteiger charge is -2.18. The topological polar surface area (TPSA) is 73.0 Å². The molecule has 1 amide bonds. The minimum absolute atomic E-state index is 0.209. The molecule has 7 heteroatoms. The van der Waals surface area contributed by atoms with Crippen molar-refractivity contribution in [2.24, 2.45) is 0 Å². The summed E-state index contributed by atoms with van der Waals surface area (Å²) in [7, 11) is 0. The van der Waals surface area contributed by atoms with Gasteiger partial charge in [-0.15, -0.1) is 10.2 Å². The average molecular weight is 334 g/mol. The van der Waals surface area contributed by atoms with Crippen LogP contribution < -0.4 is 5.32 Å². The third-order valence-electron chi connectivity index (χ3n) is 4.23. The number of rotatable bonds is 6. The van der Waals surface area contributed by atoms with Gasteiger partial charge in [0.1, 0.15) is 12.1 Å². The third-order valence-corrected chi connectivity index (χ3v) is 4.80. The SMILES string of the molecule is CSCc1ccc(C(=O)N[C@H](C)c2nncn2C2CCCC2)o1. The molecule has 0 radical (unpaired) electrons. The van der Waals surface area contributed by atoms with Gasteiger partial charge in [-0.3, -0.25) is 4.79 Å². The molecular formula is C16H22N4O2S. The number of nitrogens with zero attached hydrogens (tertiary/aromatic N) is 3. The molecule has 0 saturated heterocycles. The first-order chi connectivity index (χ1) is 11.2. The van der Waals surface area contributed by atoms with Crippen molar-refractivity contribution < 1.29 is 9.21 Å². The van der Waals surface area contributed by atoms with Crippen LogP contribution in [0.4, 0.5) is 0 Å². The molecule has 0 unspecified atom stereocenters. The monoisotopic (exact) mass is 334 g/mol. The smallest absolute Gasteiger partial charge is 0.287 e. The number of carbonyl (C=O) groups excluding carboxylic acids is 1. The number of nitrogens with one attached hydrogen (secondary N) is 1. The van der Waals surface area contributed by atoms with E-state index in [1.807, 2.05) is 19.2 Å². The van der Waals surface area contributed by atoms with Gasteiger partial charge in [0.2, 0.25) is 0 Å². The molecule has 124 valence electrons. The van der Waals surface area contributed by atoms with E-state index in [9.17, 15) is 4.79 Å². The van der Waals surface area contributed by atoms with Gasteiger partial charge in [-0.1, -0.05) is 12.8 Å². The van der Waals surface area contributed by atoms with E-state index in [0.717, 1.165) is 30.2 Å².